The molecular formula is C31H30F2N4O4. The first-order valence-corrected chi connectivity index (χ1v) is 13.4. The molecule has 0 unspecified atom stereocenters. The van der Waals surface area contributed by atoms with Gasteiger partial charge in [-0.3, -0.25) is 14.4 Å². The van der Waals surface area contributed by atoms with E-state index in [-0.39, 0.29) is 35.5 Å². The summed E-state index contributed by atoms with van der Waals surface area (Å²) in [5, 5.41) is 3.25. The fourth-order valence-electron chi connectivity index (χ4n) is 4.99. The summed E-state index contributed by atoms with van der Waals surface area (Å²) in [6.45, 7) is -0.698. The minimum atomic E-state index is -0.591. The number of hydrogen-bond donors (Lipinski definition) is 2. The molecular weight excluding hydrogens is 530 g/mol. The second-order valence-corrected chi connectivity index (χ2v) is 10.1. The second kappa shape index (κ2) is 12.2. The van der Waals surface area contributed by atoms with Crippen LogP contribution in [0.3, 0.4) is 0 Å². The number of ether oxygens (including phenoxy) is 1. The van der Waals surface area contributed by atoms with Crippen LogP contribution in [0, 0.1) is 11.6 Å². The SMILES string of the molecule is CN(C(=O)CN(CC(=O)Nc1ccc(Oc2ccc(F)cc2)cc1)C(=O)c1cc2cccc(F)c2[nH]1)C1CCCC1. The van der Waals surface area contributed by atoms with Gasteiger partial charge in [0.2, 0.25) is 11.8 Å². The van der Waals surface area contributed by atoms with Crippen molar-refractivity contribution in [2.24, 2.45) is 0 Å². The van der Waals surface area contributed by atoms with Gasteiger partial charge in [-0.1, -0.05) is 25.0 Å². The molecule has 4 aromatic rings. The van der Waals surface area contributed by atoms with Gasteiger partial charge >= 0.3 is 0 Å². The van der Waals surface area contributed by atoms with Crippen LogP contribution in [0.5, 0.6) is 11.5 Å². The molecule has 0 spiro atoms. The van der Waals surface area contributed by atoms with Gasteiger partial charge in [-0.2, -0.15) is 0 Å². The highest BCUT2D eigenvalue weighted by Gasteiger charge is 2.28. The Morgan fingerprint density at radius 1 is 0.927 bits per heavy atom. The highest BCUT2D eigenvalue weighted by molar-refractivity contribution is 6.02. The van der Waals surface area contributed by atoms with Crippen molar-refractivity contribution >= 4 is 34.3 Å². The van der Waals surface area contributed by atoms with Gasteiger partial charge in [-0.05, 0) is 73.5 Å². The first-order chi connectivity index (χ1) is 19.8. The molecule has 1 aliphatic rings. The lowest BCUT2D eigenvalue weighted by Crippen LogP contribution is -2.47. The first-order valence-electron chi connectivity index (χ1n) is 13.4. The lowest BCUT2D eigenvalue weighted by Gasteiger charge is -2.28. The van der Waals surface area contributed by atoms with Gasteiger partial charge in [-0.25, -0.2) is 8.78 Å². The Morgan fingerprint density at radius 3 is 2.24 bits per heavy atom. The third-order valence-corrected chi connectivity index (χ3v) is 7.24. The van der Waals surface area contributed by atoms with E-state index in [1.807, 2.05) is 0 Å². The minimum absolute atomic E-state index is 0.0801. The van der Waals surface area contributed by atoms with Crippen molar-refractivity contribution in [2.45, 2.75) is 31.7 Å². The van der Waals surface area contributed by atoms with Crippen molar-refractivity contribution in [3.8, 4) is 11.5 Å². The predicted octanol–water partition coefficient (Wildman–Crippen LogP) is 5.72. The molecule has 0 atom stereocenters. The van der Waals surface area contributed by atoms with Gasteiger partial charge in [0.05, 0.1) is 5.52 Å². The monoisotopic (exact) mass is 560 g/mol. The second-order valence-electron chi connectivity index (χ2n) is 10.1. The molecule has 3 aromatic carbocycles. The molecule has 41 heavy (non-hydrogen) atoms. The standard InChI is InChI=1S/C31H30F2N4O4/c1-36(23-6-2-3-7-23)29(39)19-37(31(40)27-17-20-5-4-8-26(33)30(20)35-27)18-28(38)34-22-11-15-25(16-12-22)41-24-13-9-21(32)10-14-24/h4-5,8-17,23,35H,2-3,6-7,18-19H2,1H3,(H,34,38). The number of fused-ring (bicyclic) bond motifs is 1. The number of aromatic nitrogens is 1. The summed E-state index contributed by atoms with van der Waals surface area (Å²) in [7, 11) is 1.72. The average molecular weight is 561 g/mol. The zero-order chi connectivity index (χ0) is 28.9. The number of H-pyrrole nitrogens is 1. The molecule has 0 aliphatic heterocycles. The number of carbonyl (C=O) groups excluding carboxylic acids is 3. The molecule has 5 rings (SSSR count). The third kappa shape index (κ3) is 6.71. The van der Waals surface area contributed by atoms with E-state index in [0.717, 1.165) is 30.6 Å². The Balaban J connectivity index is 1.29. The summed E-state index contributed by atoms with van der Waals surface area (Å²) in [6.07, 6.45) is 3.89. The van der Waals surface area contributed by atoms with Crippen LogP contribution in [0.25, 0.3) is 10.9 Å². The summed E-state index contributed by atoms with van der Waals surface area (Å²) >= 11 is 0. The molecule has 0 saturated heterocycles. The molecule has 1 aromatic heterocycles. The lowest BCUT2D eigenvalue weighted by atomic mass is 10.2. The minimum Gasteiger partial charge on any atom is -0.457 e. The molecule has 1 heterocycles. The Kier molecular flexibility index (Phi) is 8.28. The largest absolute Gasteiger partial charge is 0.457 e. The number of rotatable bonds is 9. The average Bonchev–Trinajstić information content (AvgIpc) is 3.66. The molecule has 2 N–H and O–H groups in total. The van der Waals surface area contributed by atoms with Crippen molar-refractivity contribution in [3.05, 3.63) is 90.1 Å². The highest BCUT2D eigenvalue weighted by atomic mass is 19.1. The van der Waals surface area contributed by atoms with E-state index < -0.39 is 24.2 Å². The number of anilines is 1. The van der Waals surface area contributed by atoms with Crippen LogP contribution in [0.15, 0.2) is 72.8 Å². The maximum absolute atomic E-state index is 14.3. The van der Waals surface area contributed by atoms with E-state index in [9.17, 15) is 23.2 Å². The summed E-state index contributed by atoms with van der Waals surface area (Å²) in [4.78, 5) is 45.3. The van der Waals surface area contributed by atoms with Crippen LogP contribution in [-0.4, -0.2) is 58.7 Å². The van der Waals surface area contributed by atoms with Gasteiger partial charge in [0.1, 0.15) is 41.9 Å². The fraction of sp³-hybridized carbons (Fsp3) is 0.258. The van der Waals surface area contributed by atoms with Crippen LogP contribution in [0.2, 0.25) is 0 Å². The van der Waals surface area contributed by atoms with Crippen molar-refractivity contribution in [2.75, 3.05) is 25.5 Å². The number of likely N-dealkylation sites (N-methyl/N-ethyl adjacent to an activating group) is 1. The van der Waals surface area contributed by atoms with E-state index in [1.165, 1.54) is 36.4 Å². The number of hydrogen-bond acceptors (Lipinski definition) is 4. The Hall–Kier alpha value is -4.73. The maximum atomic E-state index is 14.3. The molecule has 212 valence electrons. The van der Waals surface area contributed by atoms with E-state index in [2.05, 4.69) is 10.3 Å². The van der Waals surface area contributed by atoms with Crippen LogP contribution >= 0.6 is 0 Å². The van der Waals surface area contributed by atoms with Crippen LogP contribution in [0.4, 0.5) is 14.5 Å². The topological polar surface area (TPSA) is 94.7 Å². The number of aromatic amines is 1. The summed E-state index contributed by atoms with van der Waals surface area (Å²) in [5.74, 6) is -1.31. The van der Waals surface area contributed by atoms with Gasteiger partial charge in [-0.15, -0.1) is 0 Å². The van der Waals surface area contributed by atoms with E-state index in [1.54, 1.807) is 48.3 Å². The first kappa shape index (κ1) is 27.8. The normalized spacial score (nSPS) is 13.2. The van der Waals surface area contributed by atoms with Crippen molar-refractivity contribution in [3.63, 3.8) is 0 Å². The highest BCUT2D eigenvalue weighted by Crippen LogP contribution is 2.25. The molecule has 1 saturated carbocycles. The number of benzene rings is 3. The lowest BCUT2D eigenvalue weighted by molar-refractivity contribution is -0.132. The smallest absolute Gasteiger partial charge is 0.271 e. The summed E-state index contributed by atoms with van der Waals surface area (Å²) in [5.41, 5.74) is 0.713. The van der Waals surface area contributed by atoms with Crippen LogP contribution in [-0.2, 0) is 9.59 Å². The van der Waals surface area contributed by atoms with Crippen LogP contribution < -0.4 is 10.1 Å². The van der Waals surface area contributed by atoms with Gasteiger partial charge in [0, 0.05) is 24.2 Å². The zero-order valence-electron chi connectivity index (χ0n) is 22.5. The van der Waals surface area contributed by atoms with Gasteiger partial charge < -0.3 is 24.8 Å². The summed E-state index contributed by atoms with van der Waals surface area (Å²) < 4.78 is 33.1. The van der Waals surface area contributed by atoms with E-state index in [4.69, 9.17) is 4.74 Å². The van der Waals surface area contributed by atoms with E-state index in [0.29, 0.717) is 22.6 Å². The molecule has 1 fully saturated rings. The number of nitrogens with one attached hydrogen (secondary N) is 2. The van der Waals surface area contributed by atoms with Gasteiger partial charge in [0.15, 0.2) is 0 Å². The molecule has 0 radical (unpaired) electrons. The molecule has 3 amide bonds. The number of halogens is 2. The Labute approximate surface area is 235 Å². The maximum Gasteiger partial charge on any atom is 0.271 e. The predicted molar refractivity (Wildman–Crippen MR) is 151 cm³/mol. The Morgan fingerprint density at radius 2 is 1.59 bits per heavy atom. The molecule has 0 bridgehead atoms. The third-order valence-electron chi connectivity index (χ3n) is 7.24. The zero-order valence-corrected chi connectivity index (χ0v) is 22.5. The molecule has 10 heteroatoms. The van der Waals surface area contributed by atoms with Gasteiger partial charge in [0.25, 0.3) is 5.91 Å². The van der Waals surface area contributed by atoms with Crippen molar-refractivity contribution < 1.29 is 27.9 Å². The number of carbonyl (C=O) groups is 3. The van der Waals surface area contributed by atoms with E-state index >= 15 is 0 Å². The van der Waals surface area contributed by atoms with Crippen LogP contribution in [0.1, 0.15) is 36.2 Å². The number of nitrogens with zero attached hydrogens (tertiary/aromatic N) is 2. The fourth-order valence-corrected chi connectivity index (χ4v) is 4.99. The quantitative estimate of drug-likeness (QED) is 0.274. The molecule has 1 aliphatic carbocycles. The Bertz CT molecular complexity index is 1550. The molecule has 8 nitrogen and oxygen atoms in total. The van der Waals surface area contributed by atoms with Crippen molar-refractivity contribution in [1.29, 1.82) is 0 Å². The summed E-state index contributed by atoms with van der Waals surface area (Å²) in [6, 6.07) is 18.2. The number of para-hydroxylation sites is 1. The number of amides is 3. The van der Waals surface area contributed by atoms with Crippen molar-refractivity contribution in [1.82, 2.24) is 14.8 Å².